The Morgan fingerprint density at radius 1 is 0.773 bits per heavy atom. The van der Waals surface area contributed by atoms with Crippen molar-refractivity contribution in [3.63, 3.8) is 0 Å². The molecule has 1 rings (SSSR count). The van der Waals surface area contributed by atoms with Crippen molar-refractivity contribution in [1.29, 1.82) is 0 Å². The van der Waals surface area contributed by atoms with Gasteiger partial charge in [-0.2, -0.15) is 0 Å². The van der Waals surface area contributed by atoms with E-state index in [0.717, 1.165) is 33.1 Å². The lowest BCUT2D eigenvalue weighted by Gasteiger charge is -2.10. The van der Waals surface area contributed by atoms with E-state index >= 15 is 0 Å². The Kier molecular flexibility index (Phi) is 10.8. The summed E-state index contributed by atoms with van der Waals surface area (Å²) in [5, 5.41) is 1.94. The summed E-state index contributed by atoms with van der Waals surface area (Å²) in [5.41, 5.74) is 7.05. The Bertz CT molecular complexity index is 389. The molecule has 0 saturated carbocycles. The zero-order chi connectivity index (χ0) is 16.2. The summed E-state index contributed by atoms with van der Waals surface area (Å²) < 4.78 is 0. The Labute approximate surface area is 144 Å². The minimum atomic E-state index is 0.784. The first-order valence-electron chi connectivity index (χ1n) is 8.58. The zero-order valence-electron chi connectivity index (χ0n) is 14.4. The molecule has 0 aromatic carbocycles. The fourth-order valence-corrected chi connectivity index (χ4v) is 4.19. The molecule has 0 unspecified atom stereocenters. The molecule has 0 radical (unpaired) electrons. The van der Waals surface area contributed by atoms with Gasteiger partial charge in [-0.05, 0) is 31.3 Å². The van der Waals surface area contributed by atoms with Crippen LogP contribution >= 0.6 is 23.5 Å². The third-order valence-electron chi connectivity index (χ3n) is 3.46. The van der Waals surface area contributed by atoms with Gasteiger partial charge in [-0.3, -0.25) is 0 Å². The molecule has 0 aliphatic carbocycles. The molecule has 0 aliphatic rings. The van der Waals surface area contributed by atoms with Gasteiger partial charge in [0.2, 0.25) is 0 Å². The Morgan fingerprint density at radius 2 is 1.23 bits per heavy atom. The molecule has 1 aromatic heterocycles. The van der Waals surface area contributed by atoms with E-state index in [1.807, 2.05) is 6.92 Å². The topological polar surface area (TPSA) is 51.8 Å². The SMILES string of the molecule is CCCCCCSc1nc(C)nc(SCCCCCC)c1N. The van der Waals surface area contributed by atoms with Crippen molar-refractivity contribution < 1.29 is 0 Å². The lowest BCUT2D eigenvalue weighted by atomic mass is 10.2. The van der Waals surface area contributed by atoms with Crippen LogP contribution in [0.4, 0.5) is 5.69 Å². The van der Waals surface area contributed by atoms with Gasteiger partial charge in [-0.1, -0.05) is 52.4 Å². The number of hydrogen-bond donors (Lipinski definition) is 1. The highest BCUT2D eigenvalue weighted by Gasteiger charge is 2.11. The number of rotatable bonds is 12. The van der Waals surface area contributed by atoms with Gasteiger partial charge in [0.1, 0.15) is 15.9 Å². The number of aromatic nitrogens is 2. The van der Waals surface area contributed by atoms with Gasteiger partial charge in [0.25, 0.3) is 0 Å². The molecular formula is C17H31N3S2. The van der Waals surface area contributed by atoms with Gasteiger partial charge in [0.15, 0.2) is 0 Å². The number of hydrogen-bond acceptors (Lipinski definition) is 5. The van der Waals surface area contributed by atoms with Crippen LogP contribution in [-0.2, 0) is 0 Å². The lowest BCUT2D eigenvalue weighted by Crippen LogP contribution is -2.02. The summed E-state index contributed by atoms with van der Waals surface area (Å²) in [6.45, 7) is 6.44. The summed E-state index contributed by atoms with van der Waals surface area (Å²) in [5.74, 6) is 3.03. The zero-order valence-corrected chi connectivity index (χ0v) is 16.0. The molecule has 22 heavy (non-hydrogen) atoms. The van der Waals surface area contributed by atoms with Gasteiger partial charge in [0, 0.05) is 0 Å². The largest absolute Gasteiger partial charge is 0.394 e. The smallest absolute Gasteiger partial charge is 0.128 e. The fourth-order valence-electron chi connectivity index (χ4n) is 2.15. The van der Waals surface area contributed by atoms with Gasteiger partial charge in [-0.15, -0.1) is 23.5 Å². The molecule has 5 heteroatoms. The second kappa shape index (κ2) is 12.1. The van der Waals surface area contributed by atoms with Crippen LogP contribution in [0.5, 0.6) is 0 Å². The molecule has 0 spiro atoms. The van der Waals surface area contributed by atoms with Crippen molar-refractivity contribution in [3.05, 3.63) is 5.82 Å². The van der Waals surface area contributed by atoms with Gasteiger partial charge >= 0.3 is 0 Å². The monoisotopic (exact) mass is 341 g/mol. The maximum Gasteiger partial charge on any atom is 0.128 e. The molecule has 0 saturated heterocycles. The Balaban J connectivity index is 2.48. The number of unbranched alkanes of at least 4 members (excludes halogenated alkanes) is 6. The minimum absolute atomic E-state index is 0.784. The van der Waals surface area contributed by atoms with E-state index in [2.05, 4.69) is 23.8 Å². The van der Waals surface area contributed by atoms with E-state index in [-0.39, 0.29) is 0 Å². The summed E-state index contributed by atoms with van der Waals surface area (Å²) in [4.78, 5) is 9.04. The predicted octanol–water partition coefficient (Wildman–Crippen LogP) is 5.71. The molecule has 0 bridgehead atoms. The van der Waals surface area contributed by atoms with E-state index < -0.39 is 0 Å². The maximum atomic E-state index is 6.27. The average Bonchev–Trinajstić information content (AvgIpc) is 2.50. The number of anilines is 1. The van der Waals surface area contributed by atoms with E-state index in [0.29, 0.717) is 0 Å². The van der Waals surface area contributed by atoms with E-state index in [9.17, 15) is 0 Å². The minimum Gasteiger partial charge on any atom is -0.394 e. The quantitative estimate of drug-likeness (QED) is 0.300. The number of nitrogens with two attached hydrogens (primary N) is 1. The van der Waals surface area contributed by atoms with Crippen molar-refractivity contribution in [3.8, 4) is 0 Å². The van der Waals surface area contributed by atoms with Crippen molar-refractivity contribution in [2.75, 3.05) is 17.2 Å². The normalized spacial score (nSPS) is 11.0. The second-order valence-corrected chi connectivity index (χ2v) is 7.78. The van der Waals surface area contributed by atoms with Crippen LogP contribution < -0.4 is 5.73 Å². The first kappa shape index (κ1) is 19.6. The molecule has 0 fully saturated rings. The van der Waals surface area contributed by atoms with E-state index in [1.54, 1.807) is 23.5 Å². The third-order valence-corrected chi connectivity index (χ3v) is 5.62. The summed E-state index contributed by atoms with van der Waals surface area (Å²) in [6, 6.07) is 0. The fraction of sp³-hybridized carbons (Fsp3) is 0.765. The third kappa shape index (κ3) is 7.73. The summed E-state index contributed by atoms with van der Waals surface area (Å²) >= 11 is 3.57. The van der Waals surface area contributed by atoms with Crippen LogP contribution in [-0.4, -0.2) is 21.5 Å². The standard InChI is InChI=1S/C17H31N3S2/c1-4-6-8-10-12-21-16-15(18)17(20-14(3)19-16)22-13-11-9-7-5-2/h4-13,18H2,1-3H3. The van der Waals surface area contributed by atoms with Crippen LogP contribution in [0.15, 0.2) is 10.1 Å². The number of nitrogen functional groups attached to an aromatic ring is 1. The van der Waals surface area contributed by atoms with Crippen LogP contribution in [0.25, 0.3) is 0 Å². The van der Waals surface area contributed by atoms with E-state index in [1.165, 1.54) is 51.4 Å². The second-order valence-electron chi connectivity index (χ2n) is 5.61. The van der Waals surface area contributed by atoms with Crippen LogP contribution in [0, 0.1) is 6.92 Å². The number of nitrogens with zero attached hydrogens (tertiary/aromatic N) is 2. The van der Waals surface area contributed by atoms with Crippen LogP contribution in [0.2, 0.25) is 0 Å². The number of aryl methyl sites for hydroxylation is 1. The lowest BCUT2D eigenvalue weighted by molar-refractivity contribution is 0.706. The predicted molar refractivity (Wildman–Crippen MR) is 101 cm³/mol. The summed E-state index contributed by atoms with van der Waals surface area (Å²) in [6.07, 6.45) is 10.3. The Morgan fingerprint density at radius 3 is 1.64 bits per heavy atom. The molecule has 2 N–H and O–H groups in total. The molecule has 0 atom stereocenters. The van der Waals surface area contributed by atoms with Gasteiger partial charge in [-0.25, -0.2) is 9.97 Å². The van der Waals surface area contributed by atoms with Gasteiger partial charge in [0.05, 0.1) is 5.69 Å². The molecule has 0 aliphatic heterocycles. The summed E-state index contributed by atoms with van der Waals surface area (Å²) in [7, 11) is 0. The molecular weight excluding hydrogens is 310 g/mol. The highest BCUT2D eigenvalue weighted by Crippen LogP contribution is 2.32. The highest BCUT2D eigenvalue weighted by atomic mass is 32.2. The van der Waals surface area contributed by atoms with Crippen LogP contribution in [0.3, 0.4) is 0 Å². The van der Waals surface area contributed by atoms with E-state index in [4.69, 9.17) is 5.73 Å². The highest BCUT2D eigenvalue weighted by molar-refractivity contribution is 8.00. The van der Waals surface area contributed by atoms with Crippen LogP contribution in [0.1, 0.15) is 71.0 Å². The molecule has 3 nitrogen and oxygen atoms in total. The van der Waals surface area contributed by atoms with Crippen molar-refractivity contribution in [2.24, 2.45) is 0 Å². The molecule has 1 aromatic rings. The van der Waals surface area contributed by atoms with Gasteiger partial charge < -0.3 is 5.73 Å². The maximum absolute atomic E-state index is 6.27. The number of thioether (sulfide) groups is 2. The first-order chi connectivity index (χ1) is 10.7. The van der Waals surface area contributed by atoms with Crippen molar-refractivity contribution in [1.82, 2.24) is 9.97 Å². The molecule has 126 valence electrons. The Hall–Kier alpha value is -0.420. The first-order valence-corrected chi connectivity index (χ1v) is 10.6. The van der Waals surface area contributed by atoms with Crippen molar-refractivity contribution in [2.45, 2.75) is 82.2 Å². The molecule has 1 heterocycles. The average molecular weight is 342 g/mol. The molecule has 0 amide bonds. The van der Waals surface area contributed by atoms with Crippen molar-refractivity contribution >= 4 is 29.2 Å².